The SMILES string of the molecule is O=S(=O)(c1ncccc1F)N1CCOc2ccccc21. The zero-order chi connectivity index (χ0) is 14.2. The summed E-state index contributed by atoms with van der Waals surface area (Å²) >= 11 is 0. The molecule has 1 aliphatic rings. The van der Waals surface area contributed by atoms with Crippen LogP contribution in [0.3, 0.4) is 0 Å². The van der Waals surface area contributed by atoms with Crippen molar-refractivity contribution in [1.82, 2.24) is 4.98 Å². The maximum Gasteiger partial charge on any atom is 0.285 e. The van der Waals surface area contributed by atoms with Crippen LogP contribution >= 0.6 is 0 Å². The highest BCUT2D eigenvalue weighted by Crippen LogP contribution is 2.34. The van der Waals surface area contributed by atoms with Gasteiger partial charge in [0.05, 0.1) is 12.2 Å². The minimum atomic E-state index is -4.04. The first-order valence-electron chi connectivity index (χ1n) is 5.96. The van der Waals surface area contributed by atoms with Gasteiger partial charge in [0.2, 0.25) is 5.03 Å². The van der Waals surface area contributed by atoms with Crippen LogP contribution in [-0.2, 0) is 10.0 Å². The van der Waals surface area contributed by atoms with Crippen molar-refractivity contribution in [2.45, 2.75) is 5.03 Å². The number of hydrogen-bond acceptors (Lipinski definition) is 4. The molecule has 0 bridgehead atoms. The number of aromatic nitrogens is 1. The maximum absolute atomic E-state index is 13.7. The van der Waals surface area contributed by atoms with Crippen LogP contribution in [0.1, 0.15) is 0 Å². The molecule has 7 heteroatoms. The standard InChI is InChI=1S/C13H11FN2O3S/c14-10-4-3-7-15-13(10)20(17,18)16-8-9-19-12-6-2-1-5-11(12)16/h1-7H,8-9H2. The van der Waals surface area contributed by atoms with Gasteiger partial charge in [-0.2, -0.15) is 8.42 Å². The van der Waals surface area contributed by atoms with Crippen LogP contribution in [0.4, 0.5) is 10.1 Å². The molecule has 0 fully saturated rings. The number of benzene rings is 1. The number of nitrogens with zero attached hydrogens (tertiary/aromatic N) is 2. The van der Waals surface area contributed by atoms with Gasteiger partial charge in [0.25, 0.3) is 10.0 Å². The van der Waals surface area contributed by atoms with E-state index in [1.807, 2.05) is 0 Å². The zero-order valence-corrected chi connectivity index (χ0v) is 11.2. The predicted molar refractivity (Wildman–Crippen MR) is 70.7 cm³/mol. The van der Waals surface area contributed by atoms with Gasteiger partial charge in [-0.3, -0.25) is 4.31 Å². The summed E-state index contributed by atoms with van der Waals surface area (Å²) < 4.78 is 45.3. The van der Waals surface area contributed by atoms with Gasteiger partial charge in [0.15, 0.2) is 5.82 Å². The lowest BCUT2D eigenvalue weighted by Crippen LogP contribution is -2.38. The molecule has 1 aromatic carbocycles. The van der Waals surface area contributed by atoms with E-state index in [1.165, 1.54) is 12.3 Å². The molecule has 0 radical (unpaired) electrons. The average Bonchev–Trinajstić information content (AvgIpc) is 2.47. The molecule has 5 nitrogen and oxygen atoms in total. The fourth-order valence-corrected chi connectivity index (χ4v) is 3.50. The van der Waals surface area contributed by atoms with Crippen LogP contribution in [-0.4, -0.2) is 26.6 Å². The minimum absolute atomic E-state index is 0.120. The lowest BCUT2D eigenvalue weighted by Gasteiger charge is -2.29. The van der Waals surface area contributed by atoms with Gasteiger partial charge in [0, 0.05) is 6.20 Å². The summed E-state index contributed by atoms with van der Waals surface area (Å²) in [5.41, 5.74) is 0.392. The Morgan fingerprint density at radius 2 is 2.00 bits per heavy atom. The van der Waals surface area contributed by atoms with Crippen LogP contribution < -0.4 is 9.04 Å². The van der Waals surface area contributed by atoms with E-state index in [0.29, 0.717) is 11.4 Å². The molecular formula is C13H11FN2O3S. The summed E-state index contributed by atoms with van der Waals surface area (Å²) in [6.07, 6.45) is 1.25. The lowest BCUT2D eigenvalue weighted by molar-refractivity contribution is 0.315. The largest absolute Gasteiger partial charge is 0.489 e. The Balaban J connectivity index is 2.13. The summed E-state index contributed by atoms with van der Waals surface area (Å²) in [6, 6.07) is 9.16. The Morgan fingerprint density at radius 3 is 2.80 bits per heavy atom. The summed E-state index contributed by atoms with van der Waals surface area (Å²) in [5.74, 6) is -0.407. The van der Waals surface area contributed by atoms with Crippen molar-refractivity contribution in [3.8, 4) is 5.75 Å². The molecular weight excluding hydrogens is 283 g/mol. The molecule has 2 heterocycles. The van der Waals surface area contributed by atoms with Crippen molar-refractivity contribution in [1.29, 1.82) is 0 Å². The summed E-state index contributed by atoms with van der Waals surface area (Å²) in [5, 5.41) is -0.572. The zero-order valence-electron chi connectivity index (χ0n) is 10.4. The molecule has 0 amide bonds. The quantitative estimate of drug-likeness (QED) is 0.847. The van der Waals surface area contributed by atoms with Gasteiger partial charge in [-0.15, -0.1) is 0 Å². The van der Waals surface area contributed by atoms with E-state index in [1.54, 1.807) is 24.3 Å². The van der Waals surface area contributed by atoms with Crippen molar-refractivity contribution < 1.29 is 17.5 Å². The molecule has 104 valence electrons. The first-order valence-corrected chi connectivity index (χ1v) is 7.40. The Morgan fingerprint density at radius 1 is 1.20 bits per heavy atom. The topological polar surface area (TPSA) is 59.5 Å². The Labute approximate surface area is 115 Å². The van der Waals surface area contributed by atoms with Gasteiger partial charge in [-0.1, -0.05) is 12.1 Å². The minimum Gasteiger partial charge on any atom is -0.489 e. The van der Waals surface area contributed by atoms with E-state index < -0.39 is 20.9 Å². The number of halogens is 1. The highest BCUT2D eigenvalue weighted by Gasteiger charge is 2.32. The van der Waals surface area contributed by atoms with Crippen LogP contribution in [0.15, 0.2) is 47.6 Å². The molecule has 0 spiro atoms. The highest BCUT2D eigenvalue weighted by molar-refractivity contribution is 7.92. The summed E-state index contributed by atoms with van der Waals surface area (Å²) in [7, 11) is -4.04. The maximum atomic E-state index is 13.7. The predicted octanol–water partition coefficient (Wildman–Crippen LogP) is 1.81. The molecule has 0 aliphatic carbocycles. The highest BCUT2D eigenvalue weighted by atomic mass is 32.2. The number of hydrogen-bond donors (Lipinski definition) is 0. The first-order chi connectivity index (χ1) is 9.60. The number of pyridine rings is 1. The van der Waals surface area contributed by atoms with E-state index in [0.717, 1.165) is 10.4 Å². The second-order valence-electron chi connectivity index (χ2n) is 4.18. The van der Waals surface area contributed by atoms with Crippen LogP contribution in [0.25, 0.3) is 0 Å². The number of ether oxygens (including phenoxy) is 1. The van der Waals surface area contributed by atoms with Crippen LogP contribution in [0, 0.1) is 5.82 Å². The van der Waals surface area contributed by atoms with Gasteiger partial charge in [0.1, 0.15) is 12.4 Å². The van der Waals surface area contributed by atoms with Crippen molar-refractivity contribution in [3.63, 3.8) is 0 Å². The Hall–Kier alpha value is -2.15. The van der Waals surface area contributed by atoms with Gasteiger partial charge >= 0.3 is 0 Å². The molecule has 0 atom stereocenters. The average molecular weight is 294 g/mol. The van der Waals surface area contributed by atoms with E-state index in [4.69, 9.17) is 4.74 Å². The smallest absolute Gasteiger partial charge is 0.285 e. The number of sulfonamides is 1. The molecule has 1 aliphatic heterocycles. The Bertz CT molecular complexity index is 749. The van der Waals surface area contributed by atoms with Gasteiger partial charge in [-0.05, 0) is 24.3 Å². The molecule has 0 unspecified atom stereocenters. The third-order valence-electron chi connectivity index (χ3n) is 2.95. The molecule has 3 rings (SSSR count). The Kier molecular flexibility index (Phi) is 3.06. The second-order valence-corrected chi connectivity index (χ2v) is 5.96. The molecule has 2 aromatic rings. The monoisotopic (exact) mass is 294 g/mol. The molecule has 0 saturated carbocycles. The lowest BCUT2D eigenvalue weighted by atomic mass is 10.2. The van der Waals surface area contributed by atoms with Crippen molar-refractivity contribution in [2.24, 2.45) is 0 Å². The van der Waals surface area contributed by atoms with Crippen LogP contribution in [0.5, 0.6) is 5.75 Å². The fraction of sp³-hybridized carbons (Fsp3) is 0.154. The molecule has 0 saturated heterocycles. The summed E-state index contributed by atoms with van der Waals surface area (Å²) in [4.78, 5) is 3.65. The van der Waals surface area contributed by atoms with Gasteiger partial charge < -0.3 is 4.74 Å². The molecule has 0 N–H and O–H groups in total. The van der Waals surface area contributed by atoms with E-state index in [2.05, 4.69) is 4.98 Å². The van der Waals surface area contributed by atoms with E-state index >= 15 is 0 Å². The third-order valence-corrected chi connectivity index (χ3v) is 4.69. The molecule has 20 heavy (non-hydrogen) atoms. The first kappa shape index (κ1) is 12.9. The van der Waals surface area contributed by atoms with Crippen molar-refractivity contribution in [3.05, 3.63) is 48.4 Å². The van der Waals surface area contributed by atoms with Crippen molar-refractivity contribution in [2.75, 3.05) is 17.5 Å². The second kappa shape index (κ2) is 4.75. The number of rotatable bonds is 2. The number of fused-ring (bicyclic) bond motifs is 1. The third kappa shape index (κ3) is 2.00. The van der Waals surface area contributed by atoms with E-state index in [9.17, 15) is 12.8 Å². The summed E-state index contributed by atoms with van der Waals surface area (Å²) in [6.45, 7) is 0.333. The van der Waals surface area contributed by atoms with Crippen LogP contribution in [0.2, 0.25) is 0 Å². The fourth-order valence-electron chi connectivity index (χ4n) is 2.06. The number of anilines is 1. The van der Waals surface area contributed by atoms with Gasteiger partial charge in [-0.25, -0.2) is 9.37 Å². The normalized spacial score (nSPS) is 14.6. The molecule has 1 aromatic heterocycles. The number of para-hydroxylation sites is 2. The van der Waals surface area contributed by atoms with Crippen molar-refractivity contribution >= 4 is 15.7 Å². The van der Waals surface area contributed by atoms with E-state index in [-0.39, 0.29) is 13.2 Å².